The molecule has 1 aromatic carbocycles. The first kappa shape index (κ1) is 15.6. The quantitative estimate of drug-likeness (QED) is 0.876. The van der Waals surface area contributed by atoms with Gasteiger partial charge in [-0.25, -0.2) is 0 Å². The molecule has 1 aromatic heterocycles. The summed E-state index contributed by atoms with van der Waals surface area (Å²) in [5.41, 5.74) is 2.84. The highest BCUT2D eigenvalue weighted by Crippen LogP contribution is 2.36. The number of nitrogens with zero attached hydrogens (tertiary/aromatic N) is 1. The Morgan fingerprint density at radius 1 is 1.43 bits per heavy atom. The molecule has 122 valence electrons. The number of H-pyrrole nitrogens is 1. The van der Waals surface area contributed by atoms with Crippen molar-refractivity contribution in [3.05, 3.63) is 39.7 Å². The highest BCUT2D eigenvalue weighted by molar-refractivity contribution is 5.89. The lowest BCUT2D eigenvalue weighted by atomic mass is 10.0. The van der Waals surface area contributed by atoms with Crippen molar-refractivity contribution in [2.75, 3.05) is 27.2 Å². The molecule has 0 radical (unpaired) electrons. The van der Waals surface area contributed by atoms with Crippen LogP contribution in [0.3, 0.4) is 0 Å². The molecule has 0 aliphatic carbocycles. The molecular weight excluding hydrogens is 294 g/mol. The number of ether oxygens (including phenoxy) is 1. The molecular formula is C17H21N3O3. The minimum absolute atomic E-state index is 0.0140. The fraction of sp³-hybridized carbons (Fsp3) is 0.412. The van der Waals surface area contributed by atoms with Crippen molar-refractivity contribution in [2.24, 2.45) is 0 Å². The van der Waals surface area contributed by atoms with E-state index in [1.165, 1.54) is 6.07 Å². The molecule has 1 atom stereocenters. The molecule has 0 spiro atoms. The number of carbonyl (C=O) groups is 1. The first-order valence-corrected chi connectivity index (χ1v) is 7.67. The fourth-order valence-corrected chi connectivity index (χ4v) is 2.98. The summed E-state index contributed by atoms with van der Waals surface area (Å²) in [5.74, 6) is 0.800. The van der Waals surface area contributed by atoms with Crippen molar-refractivity contribution in [1.82, 2.24) is 15.2 Å². The van der Waals surface area contributed by atoms with Crippen molar-refractivity contribution in [3.63, 3.8) is 0 Å². The summed E-state index contributed by atoms with van der Waals surface area (Å²) >= 11 is 0. The van der Waals surface area contributed by atoms with Gasteiger partial charge in [0, 0.05) is 17.9 Å². The highest BCUT2D eigenvalue weighted by Gasteiger charge is 2.26. The Morgan fingerprint density at radius 2 is 2.22 bits per heavy atom. The number of hydrogen-bond acceptors (Lipinski definition) is 4. The fourth-order valence-electron chi connectivity index (χ4n) is 2.98. The maximum Gasteiger partial charge on any atom is 0.248 e. The SMILES string of the molecule is Cc1cc2c(c3ccc(=O)[nH]c13)OC(CNC(=O)CN(C)C)C2. The Bertz CT molecular complexity index is 811. The number of benzene rings is 1. The van der Waals surface area contributed by atoms with Gasteiger partial charge < -0.3 is 19.9 Å². The van der Waals surface area contributed by atoms with E-state index in [0.717, 1.165) is 34.2 Å². The minimum Gasteiger partial charge on any atom is -0.487 e. The average molecular weight is 315 g/mol. The molecule has 0 saturated carbocycles. The number of hydrogen-bond donors (Lipinski definition) is 2. The normalized spacial score (nSPS) is 16.4. The van der Waals surface area contributed by atoms with Crippen LogP contribution in [0.4, 0.5) is 0 Å². The summed E-state index contributed by atoms with van der Waals surface area (Å²) in [4.78, 5) is 27.9. The largest absolute Gasteiger partial charge is 0.487 e. The third-order valence-electron chi connectivity index (χ3n) is 3.96. The van der Waals surface area contributed by atoms with Gasteiger partial charge in [-0.05, 0) is 38.2 Å². The second-order valence-corrected chi connectivity index (χ2v) is 6.28. The Hall–Kier alpha value is -2.34. The van der Waals surface area contributed by atoms with E-state index >= 15 is 0 Å². The molecule has 0 saturated heterocycles. The Morgan fingerprint density at radius 3 is 2.96 bits per heavy atom. The lowest BCUT2D eigenvalue weighted by Crippen LogP contribution is -2.39. The molecule has 2 heterocycles. The topological polar surface area (TPSA) is 74.4 Å². The molecule has 1 unspecified atom stereocenters. The third kappa shape index (κ3) is 3.22. The number of likely N-dealkylation sites (N-methyl/N-ethyl adjacent to an activating group) is 1. The number of pyridine rings is 1. The third-order valence-corrected chi connectivity index (χ3v) is 3.96. The van der Waals surface area contributed by atoms with Gasteiger partial charge in [-0.2, -0.15) is 0 Å². The van der Waals surface area contributed by atoms with Crippen LogP contribution < -0.4 is 15.6 Å². The molecule has 2 aromatic rings. The van der Waals surface area contributed by atoms with E-state index in [1.807, 2.05) is 25.9 Å². The van der Waals surface area contributed by atoms with Gasteiger partial charge in [-0.15, -0.1) is 0 Å². The Balaban J connectivity index is 1.77. The van der Waals surface area contributed by atoms with Crippen molar-refractivity contribution in [3.8, 4) is 5.75 Å². The first-order chi connectivity index (χ1) is 10.9. The van der Waals surface area contributed by atoms with Crippen LogP contribution in [-0.2, 0) is 11.2 Å². The summed E-state index contributed by atoms with van der Waals surface area (Å²) in [7, 11) is 3.72. The summed E-state index contributed by atoms with van der Waals surface area (Å²) < 4.78 is 6.02. The van der Waals surface area contributed by atoms with Gasteiger partial charge in [0.2, 0.25) is 11.5 Å². The summed E-state index contributed by atoms with van der Waals surface area (Å²) in [6.07, 6.45) is 0.682. The van der Waals surface area contributed by atoms with Crippen LogP contribution in [-0.4, -0.2) is 49.1 Å². The predicted octanol–water partition coefficient (Wildman–Crippen LogP) is 0.818. The average Bonchev–Trinajstić information content (AvgIpc) is 2.87. The van der Waals surface area contributed by atoms with Crippen LogP contribution in [0.1, 0.15) is 11.1 Å². The van der Waals surface area contributed by atoms with Crippen LogP contribution in [0, 0.1) is 6.92 Å². The molecule has 6 nitrogen and oxygen atoms in total. The number of aryl methyl sites for hydroxylation is 1. The van der Waals surface area contributed by atoms with Gasteiger partial charge in [0.05, 0.1) is 18.6 Å². The van der Waals surface area contributed by atoms with Crippen molar-refractivity contribution in [2.45, 2.75) is 19.4 Å². The minimum atomic E-state index is -0.119. The zero-order valence-corrected chi connectivity index (χ0v) is 13.6. The van der Waals surface area contributed by atoms with E-state index in [2.05, 4.69) is 16.4 Å². The van der Waals surface area contributed by atoms with Crippen LogP contribution in [0.5, 0.6) is 5.75 Å². The number of aromatic amines is 1. The molecule has 1 aliphatic heterocycles. The van der Waals surface area contributed by atoms with Crippen LogP contribution in [0.25, 0.3) is 10.9 Å². The number of nitrogens with one attached hydrogen (secondary N) is 2. The zero-order chi connectivity index (χ0) is 16.6. The van der Waals surface area contributed by atoms with Crippen molar-refractivity contribution >= 4 is 16.8 Å². The van der Waals surface area contributed by atoms with Crippen molar-refractivity contribution in [1.29, 1.82) is 0 Å². The van der Waals surface area contributed by atoms with Gasteiger partial charge in [-0.1, -0.05) is 6.07 Å². The Kier molecular flexibility index (Phi) is 4.09. The van der Waals surface area contributed by atoms with Gasteiger partial charge in [-0.3, -0.25) is 9.59 Å². The second-order valence-electron chi connectivity index (χ2n) is 6.28. The molecule has 3 rings (SSSR count). The number of carbonyl (C=O) groups excluding carboxylic acids is 1. The lowest BCUT2D eigenvalue weighted by Gasteiger charge is -2.14. The molecule has 23 heavy (non-hydrogen) atoms. The van der Waals surface area contributed by atoms with E-state index in [4.69, 9.17) is 4.74 Å². The van der Waals surface area contributed by atoms with Crippen molar-refractivity contribution < 1.29 is 9.53 Å². The van der Waals surface area contributed by atoms with E-state index in [-0.39, 0.29) is 17.6 Å². The number of rotatable bonds is 4. The van der Waals surface area contributed by atoms with Gasteiger partial charge >= 0.3 is 0 Å². The highest BCUT2D eigenvalue weighted by atomic mass is 16.5. The van der Waals surface area contributed by atoms with E-state index in [9.17, 15) is 9.59 Å². The van der Waals surface area contributed by atoms with E-state index < -0.39 is 0 Å². The monoisotopic (exact) mass is 315 g/mol. The predicted molar refractivity (Wildman–Crippen MR) is 89.0 cm³/mol. The van der Waals surface area contributed by atoms with E-state index in [1.54, 1.807) is 6.07 Å². The van der Waals surface area contributed by atoms with Gasteiger partial charge in [0.1, 0.15) is 11.9 Å². The maximum absolute atomic E-state index is 11.7. The first-order valence-electron chi connectivity index (χ1n) is 7.67. The smallest absolute Gasteiger partial charge is 0.248 e. The number of fused-ring (bicyclic) bond motifs is 3. The van der Waals surface area contributed by atoms with Crippen LogP contribution >= 0.6 is 0 Å². The lowest BCUT2D eigenvalue weighted by molar-refractivity contribution is -0.122. The summed E-state index contributed by atoms with van der Waals surface area (Å²) in [5, 5.41) is 3.82. The molecule has 1 amide bonds. The number of aromatic nitrogens is 1. The maximum atomic E-state index is 11.7. The summed E-state index contributed by atoms with van der Waals surface area (Å²) in [6, 6.07) is 5.36. The summed E-state index contributed by atoms with van der Waals surface area (Å²) in [6.45, 7) is 2.82. The second kappa shape index (κ2) is 6.04. The Labute approximate surface area is 134 Å². The standard InChI is InChI=1S/C17H21N3O3/c1-10-6-11-7-12(8-18-15(22)9-20(2)3)23-17(11)13-4-5-14(21)19-16(10)13/h4-6,12H,7-9H2,1-3H3,(H,18,22)(H,19,21). The molecule has 1 aliphatic rings. The molecule has 6 heteroatoms. The van der Waals surface area contributed by atoms with Gasteiger partial charge in [0.25, 0.3) is 0 Å². The molecule has 0 fully saturated rings. The zero-order valence-electron chi connectivity index (χ0n) is 13.6. The van der Waals surface area contributed by atoms with Crippen LogP contribution in [0.15, 0.2) is 23.0 Å². The molecule has 0 bridgehead atoms. The van der Waals surface area contributed by atoms with Crippen LogP contribution in [0.2, 0.25) is 0 Å². The number of amides is 1. The molecule has 2 N–H and O–H groups in total. The van der Waals surface area contributed by atoms with E-state index in [0.29, 0.717) is 13.1 Å². The van der Waals surface area contributed by atoms with Gasteiger partial charge in [0.15, 0.2) is 0 Å².